The van der Waals surface area contributed by atoms with E-state index in [4.69, 9.17) is 9.47 Å². The summed E-state index contributed by atoms with van der Waals surface area (Å²) in [6.45, 7) is 7.56. The molecule has 168 valence electrons. The zero-order valence-corrected chi connectivity index (χ0v) is 18.9. The second-order valence-corrected chi connectivity index (χ2v) is 7.83. The fraction of sp³-hybridized carbons (Fsp3) is 0.0645. The molecule has 3 nitrogen and oxygen atoms in total. The van der Waals surface area contributed by atoms with Crippen molar-refractivity contribution in [3.63, 3.8) is 0 Å². The van der Waals surface area contributed by atoms with Gasteiger partial charge in [0.25, 0.3) is 0 Å². The first-order chi connectivity index (χ1) is 16.7. The fourth-order valence-corrected chi connectivity index (χ4v) is 3.76. The lowest BCUT2D eigenvalue weighted by molar-refractivity contribution is 0.152. The highest BCUT2D eigenvalue weighted by atomic mass is 16.7. The number of benzene rings is 4. The smallest absolute Gasteiger partial charge is 0.394 e. The maximum atomic E-state index is 12.8. The van der Waals surface area contributed by atoms with Crippen LogP contribution in [0.25, 0.3) is 22.3 Å². The van der Waals surface area contributed by atoms with Crippen molar-refractivity contribution >= 4 is 6.16 Å². The minimum atomic E-state index is -0.786. The number of hydrogen-bond donors (Lipinski definition) is 0. The van der Waals surface area contributed by atoms with E-state index in [1.54, 1.807) is 12.1 Å². The lowest BCUT2D eigenvalue weighted by Crippen LogP contribution is -2.14. The van der Waals surface area contributed by atoms with E-state index < -0.39 is 6.16 Å². The maximum Gasteiger partial charge on any atom is 0.519 e. The van der Waals surface area contributed by atoms with Crippen molar-refractivity contribution in [1.82, 2.24) is 0 Å². The number of rotatable bonds is 8. The molecule has 0 aliphatic rings. The average molecular weight is 447 g/mol. The largest absolute Gasteiger partial charge is 0.519 e. The first-order valence-corrected chi connectivity index (χ1v) is 11.2. The third-order valence-electron chi connectivity index (χ3n) is 5.45. The van der Waals surface area contributed by atoms with Gasteiger partial charge >= 0.3 is 6.16 Å². The van der Waals surface area contributed by atoms with Crippen molar-refractivity contribution in [2.75, 3.05) is 0 Å². The van der Waals surface area contributed by atoms with E-state index in [9.17, 15) is 4.79 Å². The first-order valence-electron chi connectivity index (χ1n) is 11.2. The van der Waals surface area contributed by atoms with Gasteiger partial charge in [0, 0.05) is 11.1 Å². The van der Waals surface area contributed by atoms with Crippen LogP contribution in [0.1, 0.15) is 11.1 Å². The van der Waals surface area contributed by atoms with E-state index in [1.807, 2.05) is 97.1 Å². The van der Waals surface area contributed by atoms with E-state index in [0.29, 0.717) is 11.5 Å². The van der Waals surface area contributed by atoms with Gasteiger partial charge in [-0.25, -0.2) is 4.79 Å². The molecule has 0 amide bonds. The van der Waals surface area contributed by atoms with Crippen LogP contribution in [0, 0.1) is 0 Å². The highest BCUT2D eigenvalue weighted by Crippen LogP contribution is 2.33. The third kappa shape index (κ3) is 5.51. The summed E-state index contributed by atoms with van der Waals surface area (Å²) in [5, 5.41) is 0. The molecular weight excluding hydrogens is 420 g/mol. The highest BCUT2D eigenvalue weighted by molar-refractivity contribution is 5.78. The Balaban J connectivity index is 1.53. The Morgan fingerprint density at radius 1 is 0.588 bits per heavy atom. The molecule has 0 saturated heterocycles. The van der Waals surface area contributed by atoms with Gasteiger partial charge in [0.2, 0.25) is 0 Å². The molecule has 34 heavy (non-hydrogen) atoms. The molecule has 4 aromatic rings. The monoisotopic (exact) mass is 446 g/mol. The molecule has 4 aromatic carbocycles. The predicted octanol–water partition coefficient (Wildman–Crippen LogP) is 8.06. The van der Waals surface area contributed by atoms with Gasteiger partial charge in [-0.1, -0.05) is 97.1 Å². The van der Waals surface area contributed by atoms with Crippen LogP contribution in [0.4, 0.5) is 4.79 Å². The number of allylic oxidation sites excluding steroid dienone is 2. The summed E-state index contributed by atoms with van der Waals surface area (Å²) in [5.74, 6) is 0.880. The standard InChI is InChI=1S/C31H26O3/c1-3-9-23-15-19-25(20-16-23)27-11-5-7-13-29(27)33-31(32)34-30-14-8-6-12-28(30)26-21-17-24(10-4-2)18-22-26/h3-8,11-22H,1-2,9-10H2. The van der Waals surface area contributed by atoms with Crippen molar-refractivity contribution in [1.29, 1.82) is 0 Å². The molecule has 0 aliphatic heterocycles. The van der Waals surface area contributed by atoms with Crippen molar-refractivity contribution < 1.29 is 14.3 Å². The van der Waals surface area contributed by atoms with E-state index in [1.165, 1.54) is 11.1 Å². The normalized spacial score (nSPS) is 10.4. The van der Waals surface area contributed by atoms with E-state index in [2.05, 4.69) is 13.2 Å². The summed E-state index contributed by atoms with van der Waals surface area (Å²) in [4.78, 5) is 12.8. The number of carbonyl (C=O) groups is 1. The molecular formula is C31H26O3. The molecule has 0 fully saturated rings. The first kappa shape index (κ1) is 22.8. The van der Waals surface area contributed by atoms with E-state index >= 15 is 0 Å². The van der Waals surface area contributed by atoms with Crippen molar-refractivity contribution in [2.45, 2.75) is 12.8 Å². The van der Waals surface area contributed by atoms with Crippen LogP contribution in [0.3, 0.4) is 0 Å². The topological polar surface area (TPSA) is 35.5 Å². The Labute approximate surface area is 200 Å². The van der Waals surface area contributed by atoms with Gasteiger partial charge in [0.1, 0.15) is 11.5 Å². The zero-order chi connectivity index (χ0) is 23.8. The Morgan fingerprint density at radius 3 is 1.35 bits per heavy atom. The van der Waals surface area contributed by atoms with Crippen LogP contribution in [0.2, 0.25) is 0 Å². The molecule has 4 rings (SSSR count). The van der Waals surface area contributed by atoms with E-state index in [-0.39, 0.29) is 0 Å². The number of para-hydroxylation sites is 2. The highest BCUT2D eigenvalue weighted by Gasteiger charge is 2.15. The van der Waals surface area contributed by atoms with Crippen LogP contribution in [0.15, 0.2) is 122 Å². The van der Waals surface area contributed by atoms with E-state index in [0.717, 1.165) is 35.1 Å². The van der Waals surface area contributed by atoms with Crippen molar-refractivity contribution in [3.8, 4) is 33.8 Å². The SMILES string of the molecule is C=CCc1ccc(-c2ccccc2OC(=O)Oc2ccccc2-c2ccc(CC=C)cc2)cc1. The van der Waals surface area contributed by atoms with Crippen LogP contribution in [-0.2, 0) is 12.8 Å². The van der Waals surface area contributed by atoms with Gasteiger partial charge in [-0.05, 0) is 47.2 Å². The minimum Gasteiger partial charge on any atom is -0.394 e. The van der Waals surface area contributed by atoms with Gasteiger partial charge in [0.05, 0.1) is 0 Å². The van der Waals surface area contributed by atoms with Gasteiger partial charge in [0.15, 0.2) is 0 Å². The van der Waals surface area contributed by atoms with Gasteiger partial charge in [-0.3, -0.25) is 0 Å². The van der Waals surface area contributed by atoms with Crippen LogP contribution in [0.5, 0.6) is 11.5 Å². The second-order valence-electron chi connectivity index (χ2n) is 7.83. The molecule has 3 heteroatoms. The number of carbonyl (C=O) groups excluding carboxylic acids is 1. The zero-order valence-electron chi connectivity index (χ0n) is 18.9. The summed E-state index contributed by atoms with van der Waals surface area (Å²) in [7, 11) is 0. The molecule has 0 unspecified atom stereocenters. The Morgan fingerprint density at radius 2 is 0.971 bits per heavy atom. The van der Waals surface area contributed by atoms with Crippen LogP contribution < -0.4 is 9.47 Å². The van der Waals surface area contributed by atoms with Crippen LogP contribution >= 0.6 is 0 Å². The summed E-state index contributed by atoms with van der Waals surface area (Å²) >= 11 is 0. The maximum absolute atomic E-state index is 12.8. The third-order valence-corrected chi connectivity index (χ3v) is 5.45. The molecule has 0 saturated carbocycles. The number of ether oxygens (including phenoxy) is 2. The van der Waals surface area contributed by atoms with Gasteiger partial charge in [-0.15, -0.1) is 13.2 Å². The Bertz CT molecular complexity index is 1180. The van der Waals surface area contributed by atoms with Crippen molar-refractivity contribution in [2.24, 2.45) is 0 Å². The Kier molecular flexibility index (Phi) is 7.36. The molecule has 0 aromatic heterocycles. The summed E-state index contributed by atoms with van der Waals surface area (Å²) in [6, 6.07) is 31.1. The molecule has 0 heterocycles. The van der Waals surface area contributed by atoms with Crippen LogP contribution in [-0.4, -0.2) is 6.16 Å². The predicted molar refractivity (Wildman–Crippen MR) is 138 cm³/mol. The molecule has 0 atom stereocenters. The van der Waals surface area contributed by atoms with Gasteiger partial charge < -0.3 is 9.47 Å². The number of hydrogen-bond acceptors (Lipinski definition) is 3. The fourth-order valence-electron chi connectivity index (χ4n) is 3.76. The Hall–Kier alpha value is -4.37. The molecule has 0 aliphatic carbocycles. The second kappa shape index (κ2) is 11.0. The summed E-state index contributed by atoms with van der Waals surface area (Å²) < 4.78 is 11.3. The summed E-state index contributed by atoms with van der Waals surface area (Å²) in [5.41, 5.74) is 5.88. The molecule has 0 spiro atoms. The lowest BCUT2D eigenvalue weighted by Gasteiger charge is -2.13. The quantitative estimate of drug-likeness (QED) is 0.156. The molecule has 0 bridgehead atoms. The van der Waals surface area contributed by atoms with Crippen molar-refractivity contribution in [3.05, 3.63) is 133 Å². The lowest BCUT2D eigenvalue weighted by atomic mass is 10.0. The molecule has 0 radical (unpaired) electrons. The minimum absolute atomic E-state index is 0.440. The average Bonchev–Trinajstić information content (AvgIpc) is 2.86. The van der Waals surface area contributed by atoms with Gasteiger partial charge in [-0.2, -0.15) is 0 Å². The summed E-state index contributed by atoms with van der Waals surface area (Å²) in [6.07, 6.45) is 4.57. The molecule has 0 N–H and O–H groups in total.